The van der Waals surface area contributed by atoms with Gasteiger partial charge in [0.2, 0.25) is 5.91 Å². The highest BCUT2D eigenvalue weighted by atomic mass is 35.5. The number of benzene rings is 1. The summed E-state index contributed by atoms with van der Waals surface area (Å²) in [6.45, 7) is 1.81. The maximum atomic E-state index is 13.1. The van der Waals surface area contributed by atoms with E-state index in [1.54, 1.807) is 0 Å². The van der Waals surface area contributed by atoms with Crippen LogP contribution in [0.2, 0.25) is 5.02 Å². The number of nitrogens with zero attached hydrogens (tertiary/aromatic N) is 2. The van der Waals surface area contributed by atoms with Gasteiger partial charge in [-0.3, -0.25) is 4.79 Å². The van der Waals surface area contributed by atoms with Gasteiger partial charge >= 0.3 is 6.18 Å². The first-order chi connectivity index (χ1) is 12.5. The lowest BCUT2D eigenvalue weighted by Crippen LogP contribution is -2.38. The molecule has 0 bridgehead atoms. The van der Waals surface area contributed by atoms with Gasteiger partial charge in [0.05, 0.1) is 33.8 Å². The summed E-state index contributed by atoms with van der Waals surface area (Å²) in [4.78, 5) is 17.4. The molecular formula is C16H16ClF3N2O3S2. The molecule has 3 rings (SSSR count). The van der Waals surface area contributed by atoms with Crippen molar-refractivity contribution in [2.45, 2.75) is 37.2 Å². The standard InChI is InChI=1S/C16H16ClF3N2O3S2/c1-2-3-14(23)21-15-22(12-7-27(24,25)8-13(12)26-15)11-6-9(16(18,19)20)4-5-10(11)17/h4-6,12-13H,2-3,7-8H2,1H3/t12-,13-/m0/s1. The summed E-state index contributed by atoms with van der Waals surface area (Å²) in [6.07, 6.45) is -3.81. The molecule has 5 nitrogen and oxygen atoms in total. The van der Waals surface area contributed by atoms with Gasteiger partial charge in [0.1, 0.15) is 0 Å². The molecule has 0 aromatic heterocycles. The number of thioether (sulfide) groups is 1. The van der Waals surface area contributed by atoms with Crippen LogP contribution in [-0.2, 0) is 20.8 Å². The van der Waals surface area contributed by atoms with Gasteiger partial charge in [-0.1, -0.05) is 30.3 Å². The molecule has 2 atom stereocenters. The van der Waals surface area contributed by atoms with Gasteiger partial charge in [-0.2, -0.15) is 18.2 Å². The van der Waals surface area contributed by atoms with Gasteiger partial charge in [0.25, 0.3) is 0 Å². The van der Waals surface area contributed by atoms with Crippen molar-refractivity contribution in [2.24, 2.45) is 4.99 Å². The molecule has 2 aliphatic rings. The van der Waals surface area contributed by atoms with Gasteiger partial charge in [-0.15, -0.1) is 0 Å². The number of fused-ring (bicyclic) bond motifs is 1. The number of amides is 1. The number of alkyl halides is 3. The highest BCUT2D eigenvalue weighted by Crippen LogP contribution is 2.44. The summed E-state index contributed by atoms with van der Waals surface area (Å²) < 4.78 is 63.4. The molecule has 0 saturated carbocycles. The van der Waals surface area contributed by atoms with Crippen LogP contribution in [0.3, 0.4) is 0 Å². The molecule has 2 saturated heterocycles. The first-order valence-corrected chi connectivity index (χ1v) is 11.2. The van der Waals surface area contributed by atoms with E-state index < -0.39 is 38.8 Å². The van der Waals surface area contributed by atoms with E-state index in [1.807, 2.05) is 6.92 Å². The van der Waals surface area contributed by atoms with Crippen LogP contribution in [-0.4, -0.2) is 42.3 Å². The lowest BCUT2D eigenvalue weighted by Gasteiger charge is -2.26. The zero-order valence-electron chi connectivity index (χ0n) is 14.2. The minimum atomic E-state index is -4.58. The zero-order valence-corrected chi connectivity index (χ0v) is 16.6. The molecular weight excluding hydrogens is 425 g/mol. The Bertz CT molecular complexity index is 903. The van der Waals surface area contributed by atoms with E-state index >= 15 is 0 Å². The number of carbonyl (C=O) groups excluding carboxylic acids is 1. The van der Waals surface area contributed by atoms with Crippen LogP contribution in [0.4, 0.5) is 18.9 Å². The number of anilines is 1. The SMILES string of the molecule is CCCC(=O)N=C1S[C@H]2CS(=O)(=O)C[C@@H]2N1c1cc(C(F)(F)F)ccc1Cl. The first kappa shape index (κ1) is 20.5. The molecule has 1 aromatic rings. The Labute approximate surface area is 163 Å². The van der Waals surface area contributed by atoms with E-state index in [1.165, 1.54) is 4.90 Å². The van der Waals surface area contributed by atoms with E-state index in [0.717, 1.165) is 30.0 Å². The highest BCUT2D eigenvalue weighted by molar-refractivity contribution is 8.16. The molecule has 0 N–H and O–H groups in total. The minimum Gasteiger partial charge on any atom is -0.314 e. The fourth-order valence-corrected chi connectivity index (χ4v) is 7.23. The number of sulfone groups is 1. The third-order valence-corrected chi connectivity index (χ3v) is 7.81. The number of carbonyl (C=O) groups is 1. The van der Waals surface area contributed by atoms with Crippen LogP contribution >= 0.6 is 23.4 Å². The Hall–Kier alpha value is -1.26. The fraction of sp³-hybridized carbons (Fsp3) is 0.500. The highest BCUT2D eigenvalue weighted by Gasteiger charge is 2.50. The zero-order chi connectivity index (χ0) is 20.0. The molecule has 0 spiro atoms. The number of halogens is 4. The van der Waals surface area contributed by atoms with Gasteiger partial charge in [-0.25, -0.2) is 8.42 Å². The molecule has 1 amide bonds. The smallest absolute Gasteiger partial charge is 0.314 e. The lowest BCUT2D eigenvalue weighted by atomic mass is 10.1. The Morgan fingerprint density at radius 1 is 1.37 bits per heavy atom. The Morgan fingerprint density at radius 2 is 2.07 bits per heavy atom. The molecule has 0 unspecified atom stereocenters. The number of amidine groups is 1. The lowest BCUT2D eigenvalue weighted by molar-refractivity contribution is -0.137. The van der Waals surface area contributed by atoms with Gasteiger partial charge < -0.3 is 4.90 Å². The third kappa shape index (κ3) is 4.27. The van der Waals surface area contributed by atoms with E-state index in [-0.39, 0.29) is 33.8 Å². The number of aliphatic imine (C=N–C) groups is 1. The van der Waals surface area contributed by atoms with Gasteiger partial charge in [-0.05, 0) is 24.6 Å². The van der Waals surface area contributed by atoms with Gasteiger partial charge in [0, 0.05) is 11.7 Å². The molecule has 148 valence electrons. The van der Waals surface area contributed by atoms with Crippen molar-refractivity contribution < 1.29 is 26.4 Å². The summed E-state index contributed by atoms with van der Waals surface area (Å²) in [5.74, 6) is -0.745. The topological polar surface area (TPSA) is 66.8 Å². The molecule has 0 radical (unpaired) electrons. The van der Waals surface area contributed by atoms with Crippen molar-refractivity contribution in [3.8, 4) is 0 Å². The molecule has 0 aliphatic carbocycles. The van der Waals surface area contributed by atoms with E-state index in [0.29, 0.717) is 6.42 Å². The van der Waals surface area contributed by atoms with E-state index in [2.05, 4.69) is 4.99 Å². The minimum absolute atomic E-state index is 0.00615. The van der Waals surface area contributed by atoms with Crippen molar-refractivity contribution in [1.82, 2.24) is 0 Å². The summed E-state index contributed by atoms with van der Waals surface area (Å²) in [5, 5.41) is -0.183. The summed E-state index contributed by atoms with van der Waals surface area (Å²) in [6, 6.07) is 2.23. The number of hydrogen-bond acceptors (Lipinski definition) is 4. The molecule has 27 heavy (non-hydrogen) atoms. The van der Waals surface area contributed by atoms with Gasteiger partial charge in [0.15, 0.2) is 15.0 Å². The molecule has 1 aromatic carbocycles. The van der Waals surface area contributed by atoms with E-state index in [9.17, 15) is 26.4 Å². The van der Waals surface area contributed by atoms with Crippen LogP contribution in [0.15, 0.2) is 23.2 Å². The first-order valence-electron chi connectivity index (χ1n) is 8.16. The van der Waals surface area contributed by atoms with Crippen LogP contribution in [0.1, 0.15) is 25.3 Å². The second-order valence-corrected chi connectivity index (χ2v) is 10.1. The maximum absolute atomic E-state index is 13.1. The summed E-state index contributed by atoms with van der Waals surface area (Å²) in [5.41, 5.74) is -0.901. The van der Waals surface area contributed by atoms with Crippen LogP contribution < -0.4 is 4.90 Å². The Kier molecular flexibility index (Phi) is 5.53. The molecule has 2 heterocycles. The third-order valence-electron chi connectivity index (χ3n) is 4.28. The molecule has 11 heteroatoms. The second kappa shape index (κ2) is 7.29. The quantitative estimate of drug-likeness (QED) is 0.716. The van der Waals surface area contributed by atoms with Crippen LogP contribution in [0.5, 0.6) is 0 Å². The molecule has 2 aliphatic heterocycles. The van der Waals surface area contributed by atoms with Crippen molar-refractivity contribution >= 4 is 50.0 Å². The second-order valence-electron chi connectivity index (χ2n) is 6.37. The average molecular weight is 441 g/mol. The Balaban J connectivity index is 2.09. The molecule has 2 fully saturated rings. The van der Waals surface area contributed by atoms with Crippen LogP contribution in [0, 0.1) is 0 Å². The fourth-order valence-electron chi connectivity index (χ4n) is 3.10. The predicted octanol–water partition coefficient (Wildman–Crippen LogP) is 3.76. The van der Waals surface area contributed by atoms with Crippen molar-refractivity contribution in [3.63, 3.8) is 0 Å². The normalized spacial score (nSPS) is 25.8. The maximum Gasteiger partial charge on any atom is 0.416 e. The number of hydrogen-bond donors (Lipinski definition) is 0. The average Bonchev–Trinajstić information content (AvgIpc) is 2.98. The van der Waals surface area contributed by atoms with Crippen molar-refractivity contribution in [3.05, 3.63) is 28.8 Å². The van der Waals surface area contributed by atoms with E-state index in [4.69, 9.17) is 11.6 Å². The predicted molar refractivity (Wildman–Crippen MR) is 100 cm³/mol. The summed E-state index contributed by atoms with van der Waals surface area (Å²) in [7, 11) is -3.33. The van der Waals surface area contributed by atoms with Crippen molar-refractivity contribution in [2.75, 3.05) is 16.4 Å². The summed E-state index contributed by atoms with van der Waals surface area (Å²) >= 11 is 7.24. The largest absolute Gasteiger partial charge is 0.416 e. The monoisotopic (exact) mass is 440 g/mol. The number of rotatable bonds is 3. The van der Waals surface area contributed by atoms with Crippen LogP contribution in [0.25, 0.3) is 0 Å². The Morgan fingerprint density at radius 3 is 2.70 bits per heavy atom. The van der Waals surface area contributed by atoms with Crippen molar-refractivity contribution in [1.29, 1.82) is 0 Å².